The van der Waals surface area contributed by atoms with Crippen LogP contribution in [0.3, 0.4) is 0 Å². The van der Waals surface area contributed by atoms with Crippen LogP contribution >= 0.6 is 0 Å². The van der Waals surface area contributed by atoms with Gasteiger partial charge in [-0.05, 0) is 42.5 Å². The van der Waals surface area contributed by atoms with Crippen molar-refractivity contribution in [1.82, 2.24) is 9.80 Å². The van der Waals surface area contributed by atoms with E-state index in [0.29, 0.717) is 0 Å². The summed E-state index contributed by atoms with van der Waals surface area (Å²) in [6.45, 7) is 0.845. The highest BCUT2D eigenvalue weighted by Gasteiger charge is 2.28. The van der Waals surface area contributed by atoms with Gasteiger partial charge in [-0.1, -0.05) is 18.2 Å². The summed E-state index contributed by atoms with van der Waals surface area (Å²) in [5, 5.41) is 0. The first-order valence-electron chi connectivity index (χ1n) is 10.1. The molecule has 0 N–H and O–H groups in total. The summed E-state index contributed by atoms with van der Waals surface area (Å²) in [5.74, 6) is -3.22. The molecule has 2 amide bonds. The number of nitrogens with zero attached hydrogens (tertiary/aromatic N) is 2. The van der Waals surface area contributed by atoms with Crippen LogP contribution in [0.4, 0.5) is 8.78 Å². The van der Waals surface area contributed by atoms with Gasteiger partial charge in [-0.25, -0.2) is 17.2 Å². The predicted octanol–water partition coefficient (Wildman–Crippen LogP) is 3.13. The van der Waals surface area contributed by atoms with Crippen LogP contribution in [0.15, 0.2) is 70.0 Å². The zero-order valence-corrected chi connectivity index (χ0v) is 18.2. The summed E-state index contributed by atoms with van der Waals surface area (Å²) in [7, 11) is -3.61. The molecule has 0 bridgehead atoms. The molecule has 2 aromatic carbocycles. The Hall–Kier alpha value is -3.53. The molecule has 172 valence electrons. The molecule has 0 saturated carbocycles. The molecule has 3 aromatic rings. The average molecular weight is 474 g/mol. The van der Waals surface area contributed by atoms with Gasteiger partial charge in [-0.2, -0.15) is 0 Å². The third kappa shape index (κ3) is 4.95. The molecule has 2 heterocycles. The smallest absolute Gasteiger partial charge is 0.289 e. The maximum Gasteiger partial charge on any atom is 0.289 e. The third-order valence-corrected chi connectivity index (χ3v) is 6.98. The molecular weight excluding hydrogens is 454 g/mol. The molecule has 4 rings (SSSR count). The number of hydrogen-bond acceptors (Lipinski definition) is 5. The fraction of sp³-hybridized carbons (Fsp3) is 0.217. The number of hydrogen-bond donors (Lipinski definition) is 0. The highest BCUT2D eigenvalue weighted by molar-refractivity contribution is 7.90. The molecule has 0 radical (unpaired) electrons. The zero-order chi connectivity index (χ0) is 23.6. The molecule has 10 heteroatoms. The number of benzene rings is 2. The number of sulfone groups is 1. The topological polar surface area (TPSA) is 87.9 Å². The van der Waals surface area contributed by atoms with E-state index in [1.165, 1.54) is 40.1 Å². The van der Waals surface area contributed by atoms with Gasteiger partial charge in [0.2, 0.25) is 0 Å². The number of rotatable bonds is 5. The van der Waals surface area contributed by atoms with Crippen LogP contribution in [0.5, 0.6) is 0 Å². The highest BCUT2D eigenvalue weighted by Crippen LogP contribution is 2.20. The number of halogens is 2. The van der Waals surface area contributed by atoms with Crippen molar-refractivity contribution in [1.29, 1.82) is 0 Å². The fourth-order valence-electron chi connectivity index (χ4n) is 3.55. The van der Waals surface area contributed by atoms with Gasteiger partial charge in [0.15, 0.2) is 27.2 Å². The zero-order valence-electron chi connectivity index (χ0n) is 17.4. The SMILES string of the molecule is O=C(c1ccc(F)c(F)c1)N1CCN(C(=O)c2ccc(CS(=O)(=O)c3ccccc3)o2)CC1. The predicted molar refractivity (Wildman–Crippen MR) is 114 cm³/mol. The molecule has 0 aliphatic carbocycles. The molecule has 33 heavy (non-hydrogen) atoms. The van der Waals surface area contributed by atoms with Crippen molar-refractivity contribution in [3.63, 3.8) is 0 Å². The van der Waals surface area contributed by atoms with Gasteiger partial charge in [0.1, 0.15) is 11.5 Å². The van der Waals surface area contributed by atoms with Gasteiger partial charge < -0.3 is 14.2 Å². The Labute approximate surface area is 189 Å². The summed E-state index contributed by atoms with van der Waals surface area (Å²) in [4.78, 5) is 28.4. The first-order valence-corrected chi connectivity index (χ1v) is 11.8. The van der Waals surface area contributed by atoms with Crippen LogP contribution in [0.1, 0.15) is 26.7 Å². The van der Waals surface area contributed by atoms with E-state index in [1.54, 1.807) is 18.2 Å². The Morgan fingerprint density at radius 3 is 2.09 bits per heavy atom. The standard InChI is InChI=1S/C23H20F2N2O5S/c24-19-8-6-16(14-20(19)25)22(28)26-10-12-27(13-11-26)23(29)21-9-7-17(32-21)15-33(30,31)18-4-2-1-3-5-18/h1-9,14H,10-13,15H2. The summed E-state index contributed by atoms with van der Waals surface area (Å²) in [6.07, 6.45) is 0. The van der Waals surface area contributed by atoms with E-state index in [1.807, 2.05) is 0 Å². The van der Waals surface area contributed by atoms with Crippen LogP contribution in [-0.2, 0) is 15.6 Å². The molecule has 0 spiro atoms. The summed E-state index contributed by atoms with van der Waals surface area (Å²) < 4.78 is 57.0. The first kappa shape index (κ1) is 22.7. The number of carbonyl (C=O) groups excluding carboxylic acids is 2. The normalized spacial score (nSPS) is 14.4. The maximum absolute atomic E-state index is 13.4. The van der Waals surface area contributed by atoms with Gasteiger partial charge in [0.05, 0.1) is 4.90 Å². The molecule has 1 aromatic heterocycles. The Kier molecular flexibility index (Phi) is 6.28. The number of furan rings is 1. The third-order valence-electron chi connectivity index (χ3n) is 5.33. The van der Waals surface area contributed by atoms with Gasteiger partial charge in [0.25, 0.3) is 11.8 Å². The van der Waals surface area contributed by atoms with E-state index < -0.39 is 33.3 Å². The van der Waals surface area contributed by atoms with E-state index in [4.69, 9.17) is 4.42 Å². The number of piperazine rings is 1. The second-order valence-electron chi connectivity index (χ2n) is 7.55. The van der Waals surface area contributed by atoms with Crippen LogP contribution in [0, 0.1) is 11.6 Å². The second-order valence-corrected chi connectivity index (χ2v) is 9.54. The Morgan fingerprint density at radius 2 is 1.45 bits per heavy atom. The van der Waals surface area contributed by atoms with Gasteiger partial charge in [-0.3, -0.25) is 9.59 Å². The van der Waals surface area contributed by atoms with E-state index in [0.717, 1.165) is 12.1 Å². The second kappa shape index (κ2) is 9.14. The van der Waals surface area contributed by atoms with Crippen LogP contribution in [0.2, 0.25) is 0 Å². The van der Waals surface area contributed by atoms with E-state index in [2.05, 4.69) is 0 Å². The van der Waals surface area contributed by atoms with Crippen molar-refractivity contribution in [2.75, 3.05) is 26.2 Å². The molecule has 0 atom stereocenters. The van der Waals surface area contributed by atoms with Crippen LogP contribution < -0.4 is 0 Å². The van der Waals surface area contributed by atoms with Crippen LogP contribution in [0.25, 0.3) is 0 Å². The molecule has 1 saturated heterocycles. The van der Waals surface area contributed by atoms with Crippen molar-refractivity contribution < 1.29 is 31.2 Å². The molecule has 1 fully saturated rings. The monoisotopic (exact) mass is 474 g/mol. The highest BCUT2D eigenvalue weighted by atomic mass is 32.2. The van der Waals surface area contributed by atoms with Gasteiger partial charge >= 0.3 is 0 Å². The molecular formula is C23H20F2N2O5S. The van der Waals surface area contributed by atoms with Gasteiger partial charge in [0, 0.05) is 31.7 Å². The first-order chi connectivity index (χ1) is 15.7. The maximum atomic E-state index is 13.4. The van der Waals surface area contributed by atoms with Gasteiger partial charge in [-0.15, -0.1) is 0 Å². The quantitative estimate of drug-likeness (QED) is 0.567. The minimum atomic E-state index is -3.61. The van der Waals surface area contributed by atoms with E-state index >= 15 is 0 Å². The van der Waals surface area contributed by atoms with E-state index in [9.17, 15) is 26.8 Å². The fourth-order valence-corrected chi connectivity index (χ4v) is 4.82. The molecule has 0 unspecified atom stereocenters. The molecule has 1 aliphatic rings. The van der Waals surface area contributed by atoms with Crippen molar-refractivity contribution in [2.24, 2.45) is 0 Å². The van der Waals surface area contributed by atoms with Crippen molar-refractivity contribution in [3.05, 3.63) is 89.4 Å². The average Bonchev–Trinajstić information content (AvgIpc) is 3.28. The Morgan fingerprint density at radius 1 is 0.818 bits per heavy atom. The Bertz CT molecular complexity index is 1280. The summed E-state index contributed by atoms with van der Waals surface area (Å²) in [5.41, 5.74) is 0.0315. The minimum absolute atomic E-state index is 0.00800. The lowest BCUT2D eigenvalue weighted by molar-refractivity contribution is 0.0517. The summed E-state index contributed by atoms with van der Waals surface area (Å²) in [6, 6.07) is 13.8. The minimum Gasteiger partial charge on any atom is -0.455 e. The van der Waals surface area contributed by atoms with Crippen molar-refractivity contribution >= 4 is 21.7 Å². The number of amides is 2. The Balaban J connectivity index is 1.37. The molecule has 7 nitrogen and oxygen atoms in total. The van der Waals surface area contributed by atoms with Crippen LogP contribution in [-0.4, -0.2) is 56.2 Å². The number of carbonyl (C=O) groups is 2. The van der Waals surface area contributed by atoms with E-state index in [-0.39, 0.29) is 53.9 Å². The lowest BCUT2D eigenvalue weighted by Crippen LogP contribution is -2.50. The van der Waals surface area contributed by atoms with Crippen molar-refractivity contribution in [2.45, 2.75) is 10.6 Å². The lowest BCUT2D eigenvalue weighted by Gasteiger charge is -2.34. The van der Waals surface area contributed by atoms with Crippen molar-refractivity contribution in [3.8, 4) is 0 Å². The largest absolute Gasteiger partial charge is 0.455 e. The molecule has 1 aliphatic heterocycles. The summed E-state index contributed by atoms with van der Waals surface area (Å²) >= 11 is 0. The lowest BCUT2D eigenvalue weighted by atomic mass is 10.1.